The second kappa shape index (κ2) is 17.7. The number of ether oxygens (including phenoxy) is 7. The van der Waals surface area contributed by atoms with E-state index in [4.69, 9.17) is 33.2 Å². The van der Waals surface area contributed by atoms with Gasteiger partial charge in [-0.1, -0.05) is 91.0 Å². The fraction of sp³-hybridized carbons (Fsp3) is 0.289. The number of aliphatic hydroxyl groups is 1. The average Bonchev–Trinajstić information content (AvgIpc) is 3.20. The molecule has 2 spiro atoms. The van der Waals surface area contributed by atoms with E-state index in [2.05, 4.69) is 0 Å². The Bertz CT molecular complexity index is 2190. The number of allylic oxidation sites excluding steroid dienone is 9. The Morgan fingerprint density at radius 2 is 1.14 bits per heavy atom. The van der Waals surface area contributed by atoms with E-state index in [-0.39, 0.29) is 56.3 Å². The summed E-state index contributed by atoms with van der Waals surface area (Å²) < 4.78 is 38.4. The van der Waals surface area contributed by atoms with Crippen LogP contribution in [-0.4, -0.2) is 64.9 Å². The molecule has 0 atom stereocenters. The summed E-state index contributed by atoms with van der Waals surface area (Å²) in [4.78, 5) is 77.2. The van der Waals surface area contributed by atoms with Crippen LogP contribution in [0, 0.1) is 0 Å². The normalized spacial score (nSPS) is 25.0. The molecule has 14 nitrogen and oxygen atoms in total. The lowest BCUT2D eigenvalue weighted by molar-refractivity contribution is -0.297. The first-order chi connectivity index (χ1) is 28.3. The van der Waals surface area contributed by atoms with E-state index in [9.17, 15) is 33.9 Å². The smallest absolute Gasteiger partial charge is 0.348 e. The van der Waals surface area contributed by atoms with Gasteiger partial charge < -0.3 is 38.3 Å². The van der Waals surface area contributed by atoms with Gasteiger partial charge in [0.05, 0.1) is 13.0 Å². The Kier molecular flexibility index (Phi) is 12.5. The van der Waals surface area contributed by atoms with Crippen molar-refractivity contribution in [2.24, 2.45) is 0 Å². The molecule has 4 aliphatic rings. The number of hydrogen-bond donors (Lipinski definition) is 1. The topological polar surface area (TPSA) is 187 Å². The Labute approximate surface area is 339 Å². The zero-order valence-corrected chi connectivity index (χ0v) is 32.6. The van der Waals surface area contributed by atoms with Gasteiger partial charge in [-0.3, -0.25) is 4.79 Å². The molecule has 0 unspecified atom stereocenters. The Balaban J connectivity index is 1.14. The van der Waals surface area contributed by atoms with E-state index < -0.39 is 64.7 Å². The third-order valence-corrected chi connectivity index (χ3v) is 9.78. The molecule has 3 fully saturated rings. The van der Waals surface area contributed by atoms with Gasteiger partial charge in [-0.2, -0.15) is 0 Å². The molecule has 59 heavy (non-hydrogen) atoms. The molecular weight excluding hydrogens is 764 g/mol. The molecule has 0 amide bonds. The van der Waals surface area contributed by atoms with Gasteiger partial charge in [0.25, 0.3) is 23.3 Å². The lowest BCUT2D eigenvalue weighted by atomic mass is 9.87. The molecule has 1 N–H and O–H groups in total. The highest BCUT2D eigenvalue weighted by molar-refractivity contribution is 6.16. The molecule has 2 aromatic carbocycles. The van der Waals surface area contributed by atoms with Crippen LogP contribution in [0.2, 0.25) is 0 Å². The van der Waals surface area contributed by atoms with Crippen LogP contribution in [0.15, 0.2) is 132 Å². The zero-order valence-electron chi connectivity index (χ0n) is 32.6. The maximum Gasteiger partial charge on any atom is 0.348 e. The third-order valence-electron chi connectivity index (χ3n) is 9.78. The maximum absolute atomic E-state index is 13.4. The van der Waals surface area contributed by atoms with Crippen molar-refractivity contribution in [3.05, 3.63) is 143 Å². The number of carbonyl (C=O) groups is 6. The fourth-order valence-electron chi connectivity index (χ4n) is 6.67. The summed E-state index contributed by atoms with van der Waals surface area (Å²) in [7, 11) is 0. The van der Waals surface area contributed by atoms with Gasteiger partial charge in [0.15, 0.2) is 0 Å². The molecule has 3 heterocycles. The van der Waals surface area contributed by atoms with Crippen LogP contribution >= 0.6 is 0 Å². The molecule has 1 aliphatic carbocycles. The second-order valence-corrected chi connectivity index (χ2v) is 14.0. The van der Waals surface area contributed by atoms with E-state index in [1.165, 1.54) is 37.3 Å². The van der Waals surface area contributed by atoms with Crippen molar-refractivity contribution in [2.45, 2.75) is 76.7 Å². The van der Waals surface area contributed by atoms with Gasteiger partial charge in [0, 0.05) is 39.0 Å². The first-order valence-electron chi connectivity index (χ1n) is 19.0. The summed E-state index contributed by atoms with van der Waals surface area (Å²) in [6.07, 6.45) is 11.4. The van der Waals surface area contributed by atoms with Crippen molar-refractivity contribution in [2.75, 3.05) is 6.61 Å². The van der Waals surface area contributed by atoms with Crippen LogP contribution in [0.4, 0.5) is 0 Å². The van der Waals surface area contributed by atoms with Crippen LogP contribution in [-0.2, 0) is 61.9 Å². The lowest BCUT2D eigenvalue weighted by Gasteiger charge is -2.46. The molecule has 2 aromatic rings. The lowest BCUT2D eigenvalue weighted by Crippen LogP contribution is -2.54. The van der Waals surface area contributed by atoms with Crippen LogP contribution in [0.25, 0.3) is 11.1 Å². The minimum absolute atomic E-state index is 0.0852. The van der Waals surface area contributed by atoms with E-state index >= 15 is 0 Å². The molecule has 0 radical (unpaired) electrons. The largest absolute Gasteiger partial charge is 0.480 e. The van der Waals surface area contributed by atoms with E-state index in [0.717, 1.165) is 11.1 Å². The van der Waals surface area contributed by atoms with E-state index in [0.29, 0.717) is 11.1 Å². The number of aliphatic hydroxyl groups excluding tert-OH is 1. The van der Waals surface area contributed by atoms with Gasteiger partial charge in [0.2, 0.25) is 0 Å². The van der Waals surface area contributed by atoms with Crippen LogP contribution in [0.5, 0.6) is 0 Å². The second-order valence-electron chi connectivity index (χ2n) is 14.0. The number of benzene rings is 2. The molecule has 0 aromatic heterocycles. The molecule has 14 heteroatoms. The molecule has 3 aliphatic heterocycles. The van der Waals surface area contributed by atoms with Crippen molar-refractivity contribution in [3.63, 3.8) is 0 Å². The molecule has 2 saturated heterocycles. The first-order valence-corrected chi connectivity index (χ1v) is 19.0. The van der Waals surface area contributed by atoms with Crippen LogP contribution in [0.3, 0.4) is 0 Å². The predicted molar refractivity (Wildman–Crippen MR) is 208 cm³/mol. The fourth-order valence-corrected chi connectivity index (χ4v) is 6.67. The standard InChI is InChI=1S/C45H42O14/c1-4-12-29(30-13-8-6-9-14-30)17-20-34-39(49)56-44(57-40(34)50)25-27-45(28-26-44)58-41(51)35(42(52)59-45)22-19-32(31-15-10-7-11-16-31)18-21-33-37(47)54-43(3,55-38(33)48)24-23-36(46)53-5-2/h4,6-22,51H,5,23-28H2,1-3H3/b12-4+,22-19+,29-17-,32-18-,33-21?,34-20?. The third kappa shape index (κ3) is 9.78. The monoisotopic (exact) mass is 806 g/mol. The van der Waals surface area contributed by atoms with Gasteiger partial charge in [0.1, 0.15) is 16.7 Å². The predicted octanol–water partition coefficient (Wildman–Crippen LogP) is 6.71. The highest BCUT2D eigenvalue weighted by atomic mass is 16.8. The van der Waals surface area contributed by atoms with Crippen molar-refractivity contribution >= 4 is 47.0 Å². The van der Waals surface area contributed by atoms with Crippen molar-refractivity contribution in [1.29, 1.82) is 0 Å². The Morgan fingerprint density at radius 1 is 0.678 bits per heavy atom. The number of hydrogen-bond acceptors (Lipinski definition) is 14. The molecule has 306 valence electrons. The Morgan fingerprint density at radius 3 is 1.61 bits per heavy atom. The summed E-state index contributed by atoms with van der Waals surface area (Å²) in [6, 6.07) is 18.2. The number of cyclic esters (lactones) is 2. The molecule has 1 saturated carbocycles. The summed E-state index contributed by atoms with van der Waals surface area (Å²) >= 11 is 0. The zero-order chi connectivity index (χ0) is 42.2. The van der Waals surface area contributed by atoms with E-state index in [1.54, 1.807) is 43.3 Å². The van der Waals surface area contributed by atoms with Crippen molar-refractivity contribution in [3.8, 4) is 0 Å². The number of esters is 6. The van der Waals surface area contributed by atoms with Crippen molar-refractivity contribution < 1.29 is 67.0 Å². The van der Waals surface area contributed by atoms with Crippen LogP contribution in [0.1, 0.15) is 70.4 Å². The first kappa shape index (κ1) is 41.7. The maximum atomic E-state index is 13.4. The van der Waals surface area contributed by atoms with E-state index in [1.807, 2.05) is 49.4 Å². The minimum atomic E-state index is -1.67. The summed E-state index contributed by atoms with van der Waals surface area (Å²) in [5.74, 6) is -10.8. The Hall–Kier alpha value is -6.96. The average molecular weight is 807 g/mol. The highest BCUT2D eigenvalue weighted by Gasteiger charge is 2.56. The number of rotatable bonds is 11. The SMILES string of the molecule is C/C=C/C(=C/C=C1C(=O)OC2(CCC3(CC2)OC(=O)C(/C=C/C(=C/C=C2C(=O)OC(C)(CCC(=O)OCC)OC2=O)c2ccccc2)=C(O)O3)OC1=O)c1ccccc1. The highest BCUT2D eigenvalue weighted by Crippen LogP contribution is 2.46. The van der Waals surface area contributed by atoms with Gasteiger partial charge >= 0.3 is 35.8 Å². The quantitative estimate of drug-likeness (QED) is 0.0830. The van der Waals surface area contributed by atoms with Crippen LogP contribution < -0.4 is 0 Å². The minimum Gasteiger partial charge on any atom is -0.480 e. The summed E-state index contributed by atoms with van der Waals surface area (Å²) in [5, 5.41) is 11.0. The van der Waals surface area contributed by atoms with Crippen molar-refractivity contribution in [1.82, 2.24) is 0 Å². The number of carbonyl (C=O) groups excluding carboxylic acids is 6. The summed E-state index contributed by atoms with van der Waals surface area (Å²) in [6.45, 7) is 5.04. The molecule has 6 rings (SSSR count). The molecular formula is C45H42O14. The summed E-state index contributed by atoms with van der Waals surface area (Å²) in [5.41, 5.74) is 1.61. The van der Waals surface area contributed by atoms with Gasteiger partial charge in [-0.15, -0.1) is 0 Å². The van der Waals surface area contributed by atoms with Gasteiger partial charge in [-0.05, 0) is 54.3 Å². The molecule has 0 bridgehead atoms. The van der Waals surface area contributed by atoms with Gasteiger partial charge in [-0.25, -0.2) is 24.0 Å².